The average Bonchev–Trinajstić information content (AvgIpc) is 2.80. The first kappa shape index (κ1) is 13.8. The monoisotopic (exact) mass is 265 g/mol. The van der Waals surface area contributed by atoms with E-state index in [4.69, 9.17) is 5.73 Å². The Morgan fingerprint density at radius 1 is 1.05 bits per heavy atom. The van der Waals surface area contributed by atoms with Gasteiger partial charge in [-0.15, -0.1) is 0 Å². The van der Waals surface area contributed by atoms with Crippen LogP contribution in [-0.4, -0.2) is 54.1 Å². The number of rotatable bonds is 4. The quantitative estimate of drug-likeness (QED) is 0.844. The van der Waals surface area contributed by atoms with Gasteiger partial charge in [0.2, 0.25) is 0 Å². The molecule has 0 radical (unpaired) electrons. The van der Waals surface area contributed by atoms with Gasteiger partial charge in [-0.3, -0.25) is 4.90 Å². The third kappa shape index (κ3) is 2.98. The van der Waals surface area contributed by atoms with Gasteiger partial charge in [0.1, 0.15) is 0 Å². The van der Waals surface area contributed by atoms with Crippen molar-refractivity contribution >= 4 is 0 Å². The lowest BCUT2D eigenvalue weighted by atomic mass is 9.86. The zero-order chi connectivity index (χ0) is 13.2. The second-order valence-corrected chi connectivity index (χ2v) is 7.01. The lowest BCUT2D eigenvalue weighted by Crippen LogP contribution is -2.52. The maximum Gasteiger partial charge on any atom is 0.0151 e. The predicted molar refractivity (Wildman–Crippen MR) is 80.2 cm³/mol. The Balaban J connectivity index is 1.66. The molecule has 3 heteroatoms. The zero-order valence-corrected chi connectivity index (χ0v) is 12.6. The Morgan fingerprint density at radius 2 is 1.79 bits per heavy atom. The number of nitrogens with zero attached hydrogens (tertiary/aromatic N) is 2. The Kier molecular flexibility index (Phi) is 4.45. The highest BCUT2D eigenvalue weighted by Gasteiger charge is 2.39. The standard InChI is InChI=1S/C16H31N3/c1-2-9-19(15-5-3-14(17)4-6-15)16-8-11-18-10-7-13(16)12-18/h13-16H,2-12,17H2,1H3. The van der Waals surface area contributed by atoms with Crippen LogP contribution in [0.15, 0.2) is 0 Å². The van der Waals surface area contributed by atoms with Gasteiger partial charge in [0.15, 0.2) is 0 Å². The van der Waals surface area contributed by atoms with Gasteiger partial charge >= 0.3 is 0 Å². The van der Waals surface area contributed by atoms with Gasteiger partial charge < -0.3 is 10.6 Å². The summed E-state index contributed by atoms with van der Waals surface area (Å²) < 4.78 is 0. The maximum atomic E-state index is 6.08. The van der Waals surface area contributed by atoms with Gasteiger partial charge in [-0.1, -0.05) is 6.92 Å². The van der Waals surface area contributed by atoms with Crippen LogP contribution in [0.1, 0.15) is 51.9 Å². The molecule has 3 atom stereocenters. The summed E-state index contributed by atoms with van der Waals surface area (Å²) in [6.07, 6.45) is 9.32. The number of hydrogen-bond acceptors (Lipinski definition) is 3. The first-order valence-electron chi connectivity index (χ1n) is 8.51. The summed E-state index contributed by atoms with van der Waals surface area (Å²) in [5.74, 6) is 0.955. The third-order valence-corrected chi connectivity index (χ3v) is 5.71. The average molecular weight is 265 g/mol. The molecular formula is C16H31N3. The van der Waals surface area contributed by atoms with Crippen molar-refractivity contribution < 1.29 is 0 Å². The van der Waals surface area contributed by atoms with Crippen LogP contribution in [0.2, 0.25) is 0 Å². The molecule has 2 bridgehead atoms. The Morgan fingerprint density at radius 3 is 2.53 bits per heavy atom. The molecule has 3 unspecified atom stereocenters. The highest BCUT2D eigenvalue weighted by molar-refractivity contribution is 4.95. The molecule has 2 saturated heterocycles. The molecule has 2 aliphatic heterocycles. The van der Waals surface area contributed by atoms with Crippen molar-refractivity contribution in [2.24, 2.45) is 11.7 Å². The predicted octanol–water partition coefficient (Wildman–Crippen LogP) is 2.06. The summed E-state index contributed by atoms with van der Waals surface area (Å²) >= 11 is 0. The van der Waals surface area contributed by atoms with Gasteiger partial charge in [0, 0.05) is 24.7 Å². The van der Waals surface area contributed by atoms with E-state index in [1.54, 1.807) is 0 Å². The molecule has 3 fully saturated rings. The van der Waals surface area contributed by atoms with Crippen molar-refractivity contribution in [2.75, 3.05) is 26.2 Å². The summed E-state index contributed by atoms with van der Waals surface area (Å²) in [6.45, 7) is 7.72. The molecule has 1 saturated carbocycles. The smallest absolute Gasteiger partial charge is 0.0151 e. The van der Waals surface area contributed by atoms with Crippen molar-refractivity contribution in [3.8, 4) is 0 Å². The molecule has 2 heterocycles. The van der Waals surface area contributed by atoms with Gasteiger partial charge in [-0.2, -0.15) is 0 Å². The molecular weight excluding hydrogens is 234 g/mol. The van der Waals surface area contributed by atoms with E-state index in [1.165, 1.54) is 71.1 Å². The molecule has 3 aliphatic rings. The maximum absolute atomic E-state index is 6.08. The number of nitrogens with two attached hydrogens (primary N) is 1. The van der Waals surface area contributed by atoms with Crippen LogP contribution >= 0.6 is 0 Å². The molecule has 19 heavy (non-hydrogen) atoms. The first-order chi connectivity index (χ1) is 9.28. The van der Waals surface area contributed by atoms with Crippen molar-refractivity contribution in [3.05, 3.63) is 0 Å². The Hall–Kier alpha value is -0.120. The summed E-state index contributed by atoms with van der Waals surface area (Å²) in [6, 6.07) is 2.18. The second kappa shape index (κ2) is 6.11. The highest BCUT2D eigenvalue weighted by atomic mass is 15.2. The summed E-state index contributed by atoms with van der Waals surface area (Å²) in [4.78, 5) is 5.57. The van der Waals surface area contributed by atoms with E-state index in [2.05, 4.69) is 16.7 Å². The molecule has 0 aromatic heterocycles. The third-order valence-electron chi connectivity index (χ3n) is 5.71. The molecule has 110 valence electrons. The largest absolute Gasteiger partial charge is 0.328 e. The van der Waals surface area contributed by atoms with Crippen LogP contribution in [-0.2, 0) is 0 Å². The summed E-state index contributed by atoms with van der Waals surface area (Å²) in [7, 11) is 0. The van der Waals surface area contributed by atoms with E-state index in [1.807, 2.05) is 0 Å². The molecule has 1 aliphatic carbocycles. The van der Waals surface area contributed by atoms with E-state index >= 15 is 0 Å². The summed E-state index contributed by atoms with van der Waals surface area (Å²) in [5.41, 5.74) is 6.08. The van der Waals surface area contributed by atoms with Crippen molar-refractivity contribution in [1.29, 1.82) is 0 Å². The number of piperidine rings is 1. The minimum absolute atomic E-state index is 0.480. The van der Waals surface area contributed by atoms with Crippen molar-refractivity contribution in [2.45, 2.75) is 70.0 Å². The Bertz CT molecular complexity index is 286. The van der Waals surface area contributed by atoms with Crippen LogP contribution in [0.4, 0.5) is 0 Å². The van der Waals surface area contributed by atoms with Gasteiger partial charge in [-0.25, -0.2) is 0 Å². The van der Waals surface area contributed by atoms with Gasteiger partial charge in [-0.05, 0) is 70.5 Å². The first-order valence-corrected chi connectivity index (χ1v) is 8.51. The van der Waals surface area contributed by atoms with E-state index in [0.29, 0.717) is 6.04 Å². The van der Waals surface area contributed by atoms with E-state index in [9.17, 15) is 0 Å². The van der Waals surface area contributed by atoms with E-state index in [-0.39, 0.29) is 0 Å². The van der Waals surface area contributed by atoms with Crippen LogP contribution in [0.25, 0.3) is 0 Å². The zero-order valence-electron chi connectivity index (χ0n) is 12.6. The lowest BCUT2D eigenvalue weighted by Gasteiger charge is -2.45. The summed E-state index contributed by atoms with van der Waals surface area (Å²) in [5, 5.41) is 0. The topological polar surface area (TPSA) is 32.5 Å². The van der Waals surface area contributed by atoms with Crippen LogP contribution in [0.3, 0.4) is 0 Å². The van der Waals surface area contributed by atoms with Crippen LogP contribution < -0.4 is 5.73 Å². The van der Waals surface area contributed by atoms with Crippen molar-refractivity contribution in [1.82, 2.24) is 9.80 Å². The molecule has 0 amide bonds. The molecule has 0 spiro atoms. The minimum atomic E-state index is 0.480. The minimum Gasteiger partial charge on any atom is -0.328 e. The molecule has 0 aromatic rings. The molecule has 2 N–H and O–H groups in total. The van der Waals surface area contributed by atoms with E-state index in [0.717, 1.165) is 18.0 Å². The fourth-order valence-corrected chi connectivity index (χ4v) is 4.68. The molecule has 3 rings (SSSR count). The second-order valence-electron chi connectivity index (χ2n) is 7.01. The molecule has 0 aromatic carbocycles. The SMILES string of the molecule is CCCN(C1CCC(N)CC1)C1CCN2CCC1C2. The van der Waals surface area contributed by atoms with Crippen LogP contribution in [0.5, 0.6) is 0 Å². The fraction of sp³-hybridized carbons (Fsp3) is 1.00. The van der Waals surface area contributed by atoms with Crippen molar-refractivity contribution in [3.63, 3.8) is 0 Å². The number of hydrogen-bond donors (Lipinski definition) is 1. The molecule has 3 nitrogen and oxygen atoms in total. The highest BCUT2D eigenvalue weighted by Crippen LogP contribution is 2.34. The lowest BCUT2D eigenvalue weighted by molar-refractivity contribution is 0.0440. The van der Waals surface area contributed by atoms with Gasteiger partial charge in [0.05, 0.1) is 0 Å². The Labute approximate surface area is 118 Å². The van der Waals surface area contributed by atoms with Gasteiger partial charge in [0.25, 0.3) is 0 Å². The van der Waals surface area contributed by atoms with Crippen LogP contribution in [0, 0.1) is 5.92 Å². The fourth-order valence-electron chi connectivity index (χ4n) is 4.68. The normalized spacial score (nSPS) is 42.8. The van der Waals surface area contributed by atoms with E-state index < -0.39 is 0 Å². The number of fused-ring (bicyclic) bond motifs is 2.